The Morgan fingerprint density at radius 1 is 1.33 bits per heavy atom. The van der Waals surface area contributed by atoms with E-state index >= 15 is 0 Å². The van der Waals surface area contributed by atoms with Crippen molar-refractivity contribution in [2.45, 2.75) is 32.9 Å². The number of carbonyl (C=O) groups excluding carboxylic acids is 1. The maximum atomic E-state index is 12.3. The van der Waals surface area contributed by atoms with Gasteiger partial charge in [0.1, 0.15) is 11.8 Å². The SMILES string of the molecule is C/C=C/CC(NC(=O)c1nnn(-c2ccc(OC(F)F)cc2)c1C)C(=O)O. The van der Waals surface area contributed by atoms with Crippen LogP contribution in [0.1, 0.15) is 29.5 Å². The van der Waals surface area contributed by atoms with Gasteiger partial charge in [0.15, 0.2) is 5.69 Å². The molecule has 0 radical (unpaired) electrons. The first kappa shape index (κ1) is 20.0. The van der Waals surface area contributed by atoms with Crippen LogP contribution in [0.4, 0.5) is 8.78 Å². The fourth-order valence-corrected chi connectivity index (χ4v) is 2.27. The highest BCUT2D eigenvalue weighted by atomic mass is 19.3. The first-order valence-corrected chi connectivity index (χ1v) is 7.95. The van der Waals surface area contributed by atoms with Gasteiger partial charge in [0.25, 0.3) is 5.91 Å². The Hall–Kier alpha value is -3.30. The van der Waals surface area contributed by atoms with Gasteiger partial charge in [0, 0.05) is 0 Å². The summed E-state index contributed by atoms with van der Waals surface area (Å²) < 4.78 is 30.0. The van der Waals surface area contributed by atoms with E-state index in [9.17, 15) is 23.5 Å². The van der Waals surface area contributed by atoms with Gasteiger partial charge < -0.3 is 15.2 Å². The standard InChI is InChI=1S/C17H18F2N4O4/c1-3-4-5-13(16(25)26)20-15(24)14-10(2)23(22-21-14)11-6-8-12(9-7-11)27-17(18)19/h3-4,6-9,13,17H,5H2,1-2H3,(H,20,24)(H,25,26)/b4-3+. The quantitative estimate of drug-likeness (QED) is 0.681. The Labute approximate surface area is 153 Å². The number of carbonyl (C=O) groups is 2. The molecule has 0 aliphatic heterocycles. The summed E-state index contributed by atoms with van der Waals surface area (Å²) in [7, 11) is 0. The molecule has 0 saturated carbocycles. The van der Waals surface area contributed by atoms with Gasteiger partial charge >= 0.3 is 12.6 Å². The number of carboxylic acid groups (broad SMARTS) is 1. The number of aromatic nitrogens is 3. The second kappa shape index (κ2) is 8.88. The largest absolute Gasteiger partial charge is 0.480 e. The number of aliphatic carboxylic acids is 1. The number of hydrogen-bond acceptors (Lipinski definition) is 5. The molecule has 0 spiro atoms. The smallest absolute Gasteiger partial charge is 0.387 e. The summed E-state index contributed by atoms with van der Waals surface area (Å²) in [6.07, 6.45) is 3.45. The Balaban J connectivity index is 2.18. The van der Waals surface area contributed by atoms with Crippen LogP contribution in [-0.4, -0.2) is 44.6 Å². The molecule has 2 N–H and O–H groups in total. The summed E-state index contributed by atoms with van der Waals surface area (Å²) in [5, 5.41) is 19.2. The summed E-state index contributed by atoms with van der Waals surface area (Å²) in [6, 6.07) is 4.53. The molecule has 0 fully saturated rings. The minimum Gasteiger partial charge on any atom is -0.480 e. The number of benzene rings is 1. The number of nitrogens with one attached hydrogen (secondary N) is 1. The van der Waals surface area contributed by atoms with E-state index in [0.717, 1.165) is 0 Å². The molecule has 1 atom stereocenters. The molecule has 1 unspecified atom stereocenters. The van der Waals surface area contributed by atoms with Crippen molar-refractivity contribution in [2.24, 2.45) is 0 Å². The molecule has 1 aromatic carbocycles. The van der Waals surface area contributed by atoms with Gasteiger partial charge in [-0.2, -0.15) is 8.78 Å². The van der Waals surface area contributed by atoms with E-state index in [2.05, 4.69) is 20.4 Å². The molecule has 2 rings (SSSR count). The normalized spacial score (nSPS) is 12.3. The lowest BCUT2D eigenvalue weighted by atomic mass is 10.2. The minimum atomic E-state index is -2.93. The van der Waals surface area contributed by atoms with Crippen molar-refractivity contribution in [1.82, 2.24) is 20.3 Å². The summed E-state index contributed by atoms with van der Waals surface area (Å²) in [5.74, 6) is -1.85. The lowest BCUT2D eigenvalue weighted by molar-refractivity contribution is -0.139. The van der Waals surface area contributed by atoms with Crippen LogP contribution < -0.4 is 10.1 Å². The third-order valence-electron chi connectivity index (χ3n) is 3.63. The Morgan fingerprint density at radius 2 is 2.00 bits per heavy atom. The predicted octanol–water partition coefficient (Wildman–Crippen LogP) is 2.33. The summed E-state index contributed by atoms with van der Waals surface area (Å²) >= 11 is 0. The zero-order valence-electron chi connectivity index (χ0n) is 14.6. The number of rotatable bonds is 8. The number of alkyl halides is 2. The zero-order chi connectivity index (χ0) is 20.0. The van der Waals surface area contributed by atoms with Crippen molar-refractivity contribution < 1.29 is 28.2 Å². The van der Waals surface area contributed by atoms with E-state index in [0.29, 0.717) is 11.4 Å². The molecule has 10 heteroatoms. The number of nitrogens with zero attached hydrogens (tertiary/aromatic N) is 3. The van der Waals surface area contributed by atoms with Gasteiger partial charge in [-0.15, -0.1) is 5.10 Å². The molecule has 0 aliphatic rings. The first-order valence-electron chi connectivity index (χ1n) is 7.95. The van der Waals surface area contributed by atoms with Crippen LogP contribution in [0, 0.1) is 6.92 Å². The predicted molar refractivity (Wildman–Crippen MR) is 91.0 cm³/mol. The second-order valence-electron chi connectivity index (χ2n) is 5.48. The van der Waals surface area contributed by atoms with Crippen molar-refractivity contribution in [1.29, 1.82) is 0 Å². The molecule has 0 bridgehead atoms. The highest BCUT2D eigenvalue weighted by Crippen LogP contribution is 2.18. The van der Waals surface area contributed by atoms with Gasteiger partial charge in [0.2, 0.25) is 0 Å². The lowest BCUT2D eigenvalue weighted by Crippen LogP contribution is -2.40. The van der Waals surface area contributed by atoms with Gasteiger partial charge in [-0.25, -0.2) is 9.48 Å². The molecule has 0 aliphatic carbocycles. The maximum absolute atomic E-state index is 12.3. The average molecular weight is 380 g/mol. The van der Waals surface area contributed by atoms with Crippen molar-refractivity contribution in [2.75, 3.05) is 0 Å². The second-order valence-corrected chi connectivity index (χ2v) is 5.48. The third kappa shape index (κ3) is 5.09. The molecule has 1 aromatic heterocycles. The molecular weight excluding hydrogens is 362 g/mol. The van der Waals surface area contributed by atoms with E-state index in [1.165, 1.54) is 28.9 Å². The third-order valence-corrected chi connectivity index (χ3v) is 3.63. The Morgan fingerprint density at radius 3 is 2.56 bits per heavy atom. The Bertz CT molecular complexity index is 834. The summed E-state index contributed by atoms with van der Waals surface area (Å²) in [6.45, 7) is 0.401. The topological polar surface area (TPSA) is 106 Å². The van der Waals surface area contributed by atoms with Crippen molar-refractivity contribution in [3.63, 3.8) is 0 Å². The van der Waals surface area contributed by atoms with Crippen molar-refractivity contribution >= 4 is 11.9 Å². The van der Waals surface area contributed by atoms with Crippen LogP contribution in [0.3, 0.4) is 0 Å². The van der Waals surface area contributed by atoms with Crippen LogP contribution in [0.5, 0.6) is 5.75 Å². The monoisotopic (exact) mass is 380 g/mol. The highest BCUT2D eigenvalue weighted by Gasteiger charge is 2.23. The van der Waals surface area contributed by atoms with Gasteiger partial charge in [-0.3, -0.25) is 4.79 Å². The molecule has 8 nitrogen and oxygen atoms in total. The van der Waals surface area contributed by atoms with E-state index in [-0.39, 0.29) is 17.9 Å². The minimum absolute atomic E-state index is 0.0160. The van der Waals surface area contributed by atoms with E-state index < -0.39 is 24.5 Å². The van der Waals surface area contributed by atoms with Crippen LogP contribution in [-0.2, 0) is 4.79 Å². The maximum Gasteiger partial charge on any atom is 0.387 e. The van der Waals surface area contributed by atoms with E-state index in [4.69, 9.17) is 0 Å². The number of hydrogen-bond donors (Lipinski definition) is 2. The molecule has 2 aromatic rings. The number of halogens is 2. The first-order chi connectivity index (χ1) is 12.8. The van der Waals surface area contributed by atoms with E-state index in [1.807, 2.05) is 0 Å². The molecule has 1 heterocycles. The fraction of sp³-hybridized carbons (Fsp3) is 0.294. The lowest BCUT2D eigenvalue weighted by Gasteiger charge is -2.12. The molecule has 144 valence electrons. The highest BCUT2D eigenvalue weighted by molar-refractivity contribution is 5.95. The van der Waals surface area contributed by atoms with Crippen LogP contribution in [0.2, 0.25) is 0 Å². The van der Waals surface area contributed by atoms with Crippen molar-refractivity contribution in [3.8, 4) is 11.4 Å². The number of allylic oxidation sites excluding steroid dienone is 1. The number of amides is 1. The van der Waals surface area contributed by atoms with Crippen molar-refractivity contribution in [3.05, 3.63) is 47.8 Å². The summed E-state index contributed by atoms with van der Waals surface area (Å²) in [4.78, 5) is 23.6. The molecular formula is C17H18F2N4O4. The zero-order valence-corrected chi connectivity index (χ0v) is 14.6. The summed E-state index contributed by atoms with van der Waals surface area (Å²) in [5.41, 5.74) is 0.809. The fourth-order valence-electron chi connectivity index (χ4n) is 2.27. The molecule has 1 amide bonds. The average Bonchev–Trinajstić information content (AvgIpc) is 3.00. The number of ether oxygens (including phenoxy) is 1. The van der Waals surface area contributed by atoms with Crippen LogP contribution >= 0.6 is 0 Å². The van der Waals surface area contributed by atoms with Gasteiger partial charge in [-0.05, 0) is 44.5 Å². The Kier molecular flexibility index (Phi) is 6.58. The van der Waals surface area contributed by atoms with Gasteiger partial charge in [-0.1, -0.05) is 17.4 Å². The number of carboxylic acids is 1. The van der Waals surface area contributed by atoms with Gasteiger partial charge in [0.05, 0.1) is 11.4 Å². The van der Waals surface area contributed by atoms with Crippen LogP contribution in [0.25, 0.3) is 5.69 Å². The van der Waals surface area contributed by atoms with E-state index in [1.54, 1.807) is 26.0 Å². The molecule has 27 heavy (non-hydrogen) atoms. The van der Waals surface area contributed by atoms with Crippen LogP contribution in [0.15, 0.2) is 36.4 Å². The molecule has 0 saturated heterocycles.